The molecule has 1 fully saturated rings. The van der Waals surface area contributed by atoms with Crippen LogP contribution >= 0.6 is 12.4 Å². The molecule has 6 nitrogen and oxygen atoms in total. The Kier molecular flexibility index (Phi) is 5.75. The number of rotatable bonds is 4. The maximum Gasteiger partial charge on any atom is 0.337 e. The van der Waals surface area contributed by atoms with Crippen molar-refractivity contribution in [3.05, 3.63) is 29.3 Å². The Bertz CT molecular complexity index is 629. The van der Waals surface area contributed by atoms with Crippen molar-refractivity contribution in [2.75, 3.05) is 27.2 Å². The van der Waals surface area contributed by atoms with Crippen LogP contribution in [0.15, 0.2) is 23.1 Å². The lowest BCUT2D eigenvalue weighted by atomic mass is 10.1. The average Bonchev–Trinajstić information content (AvgIpc) is 2.36. The Morgan fingerprint density at radius 2 is 2.00 bits per heavy atom. The predicted molar refractivity (Wildman–Crippen MR) is 81.4 cm³/mol. The highest BCUT2D eigenvalue weighted by atomic mass is 35.5. The molecule has 0 unspecified atom stereocenters. The summed E-state index contributed by atoms with van der Waals surface area (Å²) in [7, 11) is -0.781. The number of benzene rings is 1. The summed E-state index contributed by atoms with van der Waals surface area (Å²) in [5.41, 5.74) is 0.841. The number of aryl methyl sites for hydroxylation is 1. The molecular weight excluding hydrogens is 316 g/mol. The second-order valence-corrected chi connectivity index (χ2v) is 6.77. The molecule has 0 saturated carbocycles. The van der Waals surface area contributed by atoms with Gasteiger partial charge in [-0.15, -0.1) is 12.4 Å². The zero-order valence-electron chi connectivity index (χ0n) is 12.1. The fourth-order valence-corrected chi connectivity index (χ4v) is 3.61. The van der Waals surface area contributed by atoms with Crippen LogP contribution in [0, 0.1) is 6.92 Å². The molecule has 0 bridgehead atoms. The zero-order chi connectivity index (χ0) is 14.9. The molecule has 0 aliphatic carbocycles. The molecule has 0 atom stereocenters. The van der Waals surface area contributed by atoms with E-state index in [4.69, 9.17) is 0 Å². The van der Waals surface area contributed by atoms with Crippen LogP contribution in [-0.2, 0) is 14.8 Å². The minimum Gasteiger partial charge on any atom is -0.465 e. The van der Waals surface area contributed by atoms with Crippen LogP contribution in [0.25, 0.3) is 0 Å². The number of hydrogen-bond donors (Lipinski definition) is 1. The number of nitrogens with one attached hydrogen (secondary N) is 1. The van der Waals surface area contributed by atoms with Crippen LogP contribution in [0.2, 0.25) is 0 Å². The number of nitrogens with zero attached hydrogens (tertiary/aromatic N) is 1. The second-order valence-electron chi connectivity index (χ2n) is 4.81. The summed E-state index contributed by atoms with van der Waals surface area (Å²) in [6, 6.07) is 4.51. The fourth-order valence-electron chi connectivity index (χ4n) is 2.00. The molecule has 2 rings (SSSR count). The molecule has 1 aromatic rings. The van der Waals surface area contributed by atoms with E-state index in [0.29, 0.717) is 18.7 Å². The van der Waals surface area contributed by atoms with Crippen molar-refractivity contribution >= 4 is 28.4 Å². The smallest absolute Gasteiger partial charge is 0.337 e. The van der Waals surface area contributed by atoms with Gasteiger partial charge in [0.2, 0.25) is 10.0 Å². The standard InChI is InChI=1S/C13H18N2O4S.ClH/c1-9-4-5-10(13(16)19-3)6-12(9)20(17,18)15(2)11-7-14-8-11;/h4-6,11,14H,7-8H2,1-3H3;1H. The minimum absolute atomic E-state index is 0. The number of carbonyl (C=O) groups is 1. The molecule has 1 aliphatic rings. The van der Waals surface area contributed by atoms with Crippen LogP contribution in [0.4, 0.5) is 0 Å². The van der Waals surface area contributed by atoms with Crippen LogP contribution < -0.4 is 5.32 Å². The topological polar surface area (TPSA) is 75.7 Å². The first-order valence-corrected chi connectivity index (χ1v) is 7.69. The first-order valence-electron chi connectivity index (χ1n) is 6.25. The van der Waals surface area contributed by atoms with Gasteiger partial charge in [0.1, 0.15) is 0 Å². The van der Waals surface area contributed by atoms with E-state index in [2.05, 4.69) is 10.1 Å². The monoisotopic (exact) mass is 334 g/mol. The largest absolute Gasteiger partial charge is 0.465 e. The third-order valence-electron chi connectivity index (χ3n) is 3.54. The molecule has 0 amide bonds. The Morgan fingerprint density at radius 3 is 2.48 bits per heavy atom. The van der Waals surface area contributed by atoms with Crippen molar-refractivity contribution in [3.8, 4) is 0 Å². The number of ether oxygens (including phenoxy) is 1. The van der Waals surface area contributed by atoms with Crippen LogP contribution in [0.3, 0.4) is 0 Å². The fraction of sp³-hybridized carbons (Fsp3) is 0.462. The Morgan fingerprint density at radius 1 is 1.38 bits per heavy atom. The average molecular weight is 335 g/mol. The number of likely N-dealkylation sites (N-methyl/N-ethyl adjacent to an activating group) is 1. The van der Waals surface area contributed by atoms with Crippen molar-refractivity contribution in [1.29, 1.82) is 0 Å². The predicted octanol–water partition coefficient (Wildman–Crippen LogP) is 0.796. The van der Waals surface area contributed by atoms with Gasteiger partial charge >= 0.3 is 5.97 Å². The Balaban J connectivity index is 0.00000220. The quantitative estimate of drug-likeness (QED) is 0.824. The lowest BCUT2D eigenvalue weighted by Crippen LogP contribution is -2.57. The number of esters is 1. The molecule has 1 N–H and O–H groups in total. The van der Waals surface area contributed by atoms with Gasteiger partial charge in [-0.1, -0.05) is 6.07 Å². The van der Waals surface area contributed by atoms with Gasteiger partial charge in [0.15, 0.2) is 0 Å². The summed E-state index contributed by atoms with van der Waals surface area (Å²) in [6.07, 6.45) is 0. The zero-order valence-corrected chi connectivity index (χ0v) is 13.8. The lowest BCUT2D eigenvalue weighted by molar-refractivity contribution is 0.0600. The minimum atomic E-state index is -3.61. The van der Waals surface area contributed by atoms with Gasteiger partial charge in [-0.05, 0) is 24.6 Å². The van der Waals surface area contributed by atoms with E-state index in [-0.39, 0.29) is 28.9 Å². The summed E-state index contributed by atoms with van der Waals surface area (Å²) in [6.45, 7) is 3.00. The summed E-state index contributed by atoms with van der Waals surface area (Å²) < 4.78 is 31.2. The SMILES string of the molecule is COC(=O)c1ccc(C)c(S(=O)(=O)N(C)C2CNC2)c1.Cl. The van der Waals surface area contributed by atoms with Crippen molar-refractivity contribution < 1.29 is 17.9 Å². The van der Waals surface area contributed by atoms with E-state index in [0.717, 1.165) is 0 Å². The lowest BCUT2D eigenvalue weighted by Gasteiger charge is -2.35. The van der Waals surface area contributed by atoms with E-state index in [1.807, 2.05) is 0 Å². The summed E-state index contributed by atoms with van der Waals surface area (Å²) in [5, 5.41) is 3.04. The number of halogens is 1. The molecular formula is C13H19ClN2O4S. The molecule has 1 heterocycles. The molecule has 0 radical (unpaired) electrons. The third-order valence-corrected chi connectivity index (χ3v) is 5.59. The van der Waals surface area contributed by atoms with Gasteiger partial charge in [-0.25, -0.2) is 13.2 Å². The van der Waals surface area contributed by atoms with Gasteiger partial charge in [-0.3, -0.25) is 0 Å². The second kappa shape index (κ2) is 6.74. The number of methoxy groups -OCH3 is 1. The molecule has 1 saturated heterocycles. The van der Waals surface area contributed by atoms with Crippen molar-refractivity contribution in [2.24, 2.45) is 0 Å². The van der Waals surface area contributed by atoms with E-state index in [1.54, 1.807) is 26.1 Å². The van der Waals surface area contributed by atoms with E-state index < -0.39 is 16.0 Å². The van der Waals surface area contributed by atoms with Crippen LogP contribution in [0.1, 0.15) is 15.9 Å². The van der Waals surface area contributed by atoms with Crippen LogP contribution in [0.5, 0.6) is 0 Å². The van der Waals surface area contributed by atoms with E-state index >= 15 is 0 Å². The normalized spacial score (nSPS) is 15.2. The van der Waals surface area contributed by atoms with E-state index in [9.17, 15) is 13.2 Å². The molecule has 1 aliphatic heterocycles. The highest BCUT2D eigenvalue weighted by Gasteiger charge is 2.32. The van der Waals surface area contributed by atoms with Gasteiger partial charge in [0, 0.05) is 26.2 Å². The molecule has 1 aromatic carbocycles. The highest BCUT2D eigenvalue weighted by molar-refractivity contribution is 7.89. The molecule has 118 valence electrons. The molecule has 0 aromatic heterocycles. The maximum absolute atomic E-state index is 12.6. The maximum atomic E-state index is 12.6. The third kappa shape index (κ3) is 3.37. The summed E-state index contributed by atoms with van der Waals surface area (Å²) in [5.74, 6) is -0.547. The summed E-state index contributed by atoms with van der Waals surface area (Å²) in [4.78, 5) is 11.7. The highest BCUT2D eigenvalue weighted by Crippen LogP contribution is 2.23. The Hall–Kier alpha value is -1.15. The van der Waals surface area contributed by atoms with Crippen LogP contribution in [-0.4, -0.2) is 52.0 Å². The van der Waals surface area contributed by atoms with Gasteiger partial charge < -0.3 is 10.1 Å². The Labute approximate surface area is 130 Å². The van der Waals surface area contributed by atoms with E-state index in [1.165, 1.54) is 17.5 Å². The first-order chi connectivity index (χ1) is 9.37. The van der Waals surface area contributed by atoms with Gasteiger partial charge in [0.05, 0.1) is 17.6 Å². The summed E-state index contributed by atoms with van der Waals surface area (Å²) >= 11 is 0. The number of hydrogen-bond acceptors (Lipinski definition) is 5. The molecule has 0 spiro atoms. The number of sulfonamides is 1. The first kappa shape index (κ1) is 17.9. The van der Waals surface area contributed by atoms with Crippen molar-refractivity contribution in [3.63, 3.8) is 0 Å². The van der Waals surface area contributed by atoms with Crippen molar-refractivity contribution in [1.82, 2.24) is 9.62 Å². The number of carbonyl (C=O) groups excluding carboxylic acids is 1. The molecule has 8 heteroatoms. The molecule has 21 heavy (non-hydrogen) atoms. The van der Waals surface area contributed by atoms with Crippen molar-refractivity contribution in [2.45, 2.75) is 17.9 Å². The van der Waals surface area contributed by atoms with Gasteiger partial charge in [0.25, 0.3) is 0 Å². The van der Waals surface area contributed by atoms with Gasteiger partial charge in [-0.2, -0.15) is 4.31 Å².